The van der Waals surface area contributed by atoms with E-state index in [1.54, 1.807) is 0 Å². The molecule has 1 aliphatic rings. The van der Waals surface area contributed by atoms with Crippen molar-refractivity contribution in [3.05, 3.63) is 11.9 Å². The number of likely N-dealkylation sites (N-methyl/N-ethyl adjacent to an activating group) is 1. The molecule has 0 saturated carbocycles. The van der Waals surface area contributed by atoms with Crippen LogP contribution < -0.4 is 10.9 Å². The van der Waals surface area contributed by atoms with Crippen LogP contribution in [0.5, 0.6) is 0 Å². The first-order valence-electron chi connectivity index (χ1n) is 3.68. The van der Waals surface area contributed by atoms with E-state index in [1.165, 1.54) is 5.70 Å². The predicted molar refractivity (Wildman–Crippen MR) is 41.9 cm³/mol. The molecule has 1 heterocycles. The van der Waals surface area contributed by atoms with E-state index in [0.717, 1.165) is 17.6 Å². The van der Waals surface area contributed by atoms with Gasteiger partial charge in [0.25, 0.3) is 0 Å². The van der Waals surface area contributed by atoms with Crippen molar-refractivity contribution >= 4 is 0 Å². The summed E-state index contributed by atoms with van der Waals surface area (Å²) in [5.74, 6) is 0. The standard InChI is InChI=1S/C7H16N3/c1-4-10(2,3)7-5-8-9-6-7/h5,8-9H,4,6H2,1-3H3/q+1. The van der Waals surface area contributed by atoms with Crippen LogP contribution in [0.1, 0.15) is 6.92 Å². The second-order valence-corrected chi connectivity index (χ2v) is 3.13. The van der Waals surface area contributed by atoms with E-state index in [1.807, 2.05) is 6.20 Å². The number of quaternary nitrogens is 1. The molecule has 0 amide bonds. The Hall–Kier alpha value is -0.540. The molecule has 1 rings (SSSR count). The molecular weight excluding hydrogens is 126 g/mol. The fourth-order valence-electron chi connectivity index (χ4n) is 0.919. The molecule has 0 aromatic carbocycles. The molecule has 0 spiro atoms. The smallest absolute Gasteiger partial charge is 0.141 e. The van der Waals surface area contributed by atoms with Crippen LogP contribution in [0.3, 0.4) is 0 Å². The molecule has 3 heteroatoms. The molecule has 0 fully saturated rings. The summed E-state index contributed by atoms with van der Waals surface area (Å²) in [6, 6.07) is 0. The Morgan fingerprint density at radius 1 is 1.60 bits per heavy atom. The lowest BCUT2D eigenvalue weighted by Gasteiger charge is -2.27. The van der Waals surface area contributed by atoms with Crippen molar-refractivity contribution in [3.8, 4) is 0 Å². The van der Waals surface area contributed by atoms with Gasteiger partial charge in [-0.15, -0.1) is 0 Å². The summed E-state index contributed by atoms with van der Waals surface area (Å²) in [5.41, 5.74) is 7.44. The van der Waals surface area contributed by atoms with Crippen LogP contribution in [0, 0.1) is 0 Å². The quantitative estimate of drug-likeness (QED) is 0.532. The number of nitrogens with zero attached hydrogens (tertiary/aromatic N) is 1. The zero-order valence-electron chi connectivity index (χ0n) is 6.94. The topological polar surface area (TPSA) is 24.1 Å². The molecule has 58 valence electrons. The third-order valence-corrected chi connectivity index (χ3v) is 2.18. The van der Waals surface area contributed by atoms with Gasteiger partial charge in [0.05, 0.1) is 33.4 Å². The Morgan fingerprint density at radius 3 is 2.70 bits per heavy atom. The minimum atomic E-state index is 0.959. The minimum Gasteiger partial charge on any atom is -0.323 e. The lowest BCUT2D eigenvalue weighted by molar-refractivity contribution is -0.850. The van der Waals surface area contributed by atoms with Gasteiger partial charge in [-0.25, -0.2) is 5.43 Å². The monoisotopic (exact) mass is 142 g/mol. The summed E-state index contributed by atoms with van der Waals surface area (Å²) in [5, 5.41) is 0. The summed E-state index contributed by atoms with van der Waals surface area (Å²) in [6.07, 6.45) is 2.05. The highest BCUT2D eigenvalue weighted by molar-refractivity contribution is 4.97. The molecular formula is C7H16N3+. The summed E-state index contributed by atoms with van der Waals surface area (Å²) in [4.78, 5) is 0. The van der Waals surface area contributed by atoms with Gasteiger partial charge in [0.1, 0.15) is 5.70 Å². The summed E-state index contributed by atoms with van der Waals surface area (Å²) in [7, 11) is 4.42. The van der Waals surface area contributed by atoms with E-state index in [9.17, 15) is 0 Å². The maximum absolute atomic E-state index is 3.05. The molecule has 0 bridgehead atoms. The Morgan fingerprint density at radius 2 is 2.30 bits per heavy atom. The van der Waals surface area contributed by atoms with Gasteiger partial charge in [-0.3, -0.25) is 4.48 Å². The molecule has 0 aromatic rings. The van der Waals surface area contributed by atoms with Gasteiger partial charge in [0, 0.05) is 0 Å². The van der Waals surface area contributed by atoms with E-state index in [2.05, 4.69) is 31.9 Å². The van der Waals surface area contributed by atoms with Crippen molar-refractivity contribution in [1.82, 2.24) is 10.9 Å². The second-order valence-electron chi connectivity index (χ2n) is 3.13. The molecule has 0 saturated heterocycles. The van der Waals surface area contributed by atoms with Crippen molar-refractivity contribution in [3.63, 3.8) is 0 Å². The highest BCUT2D eigenvalue weighted by atomic mass is 15.4. The molecule has 0 aliphatic carbocycles. The van der Waals surface area contributed by atoms with Gasteiger partial charge >= 0.3 is 0 Å². The van der Waals surface area contributed by atoms with Crippen molar-refractivity contribution in [1.29, 1.82) is 0 Å². The van der Waals surface area contributed by atoms with Crippen LogP contribution in [-0.4, -0.2) is 31.7 Å². The summed E-state index contributed by atoms with van der Waals surface area (Å²) >= 11 is 0. The summed E-state index contributed by atoms with van der Waals surface area (Å²) in [6.45, 7) is 4.29. The van der Waals surface area contributed by atoms with Crippen LogP contribution >= 0.6 is 0 Å². The van der Waals surface area contributed by atoms with E-state index in [4.69, 9.17) is 0 Å². The van der Waals surface area contributed by atoms with Crippen LogP contribution in [0.2, 0.25) is 0 Å². The highest BCUT2D eigenvalue weighted by Crippen LogP contribution is 2.10. The maximum atomic E-state index is 3.05. The second kappa shape index (κ2) is 2.60. The average molecular weight is 142 g/mol. The Labute approximate surface area is 62.3 Å². The van der Waals surface area contributed by atoms with E-state index in [0.29, 0.717) is 0 Å². The van der Waals surface area contributed by atoms with Crippen molar-refractivity contribution in [2.24, 2.45) is 0 Å². The van der Waals surface area contributed by atoms with Crippen LogP contribution in [0.4, 0.5) is 0 Å². The average Bonchev–Trinajstić information content (AvgIpc) is 2.38. The summed E-state index contributed by atoms with van der Waals surface area (Å²) < 4.78 is 0.972. The largest absolute Gasteiger partial charge is 0.323 e. The zero-order valence-corrected chi connectivity index (χ0v) is 6.94. The predicted octanol–water partition coefficient (Wildman–Crippen LogP) is 0.0319. The molecule has 2 N–H and O–H groups in total. The van der Waals surface area contributed by atoms with Crippen molar-refractivity contribution in [2.45, 2.75) is 6.92 Å². The van der Waals surface area contributed by atoms with Gasteiger partial charge in [0.2, 0.25) is 0 Å². The van der Waals surface area contributed by atoms with Crippen LogP contribution in [0.15, 0.2) is 11.9 Å². The first-order chi connectivity index (χ1) is 4.67. The molecule has 0 aromatic heterocycles. The van der Waals surface area contributed by atoms with Crippen LogP contribution in [-0.2, 0) is 0 Å². The minimum absolute atomic E-state index is 0.959. The van der Waals surface area contributed by atoms with E-state index in [-0.39, 0.29) is 0 Å². The number of nitrogens with one attached hydrogen (secondary N) is 2. The molecule has 3 nitrogen and oxygen atoms in total. The van der Waals surface area contributed by atoms with Gasteiger partial charge < -0.3 is 5.43 Å². The number of hydrazine groups is 1. The molecule has 0 atom stereocenters. The Balaban J connectivity index is 2.62. The van der Waals surface area contributed by atoms with E-state index < -0.39 is 0 Å². The van der Waals surface area contributed by atoms with Gasteiger partial charge in [-0.2, -0.15) is 0 Å². The number of hydrogen-bond acceptors (Lipinski definition) is 2. The van der Waals surface area contributed by atoms with E-state index >= 15 is 0 Å². The highest BCUT2D eigenvalue weighted by Gasteiger charge is 2.21. The van der Waals surface area contributed by atoms with Gasteiger partial charge in [-0.1, -0.05) is 0 Å². The Bertz CT molecular complexity index is 149. The normalized spacial score (nSPS) is 18.5. The van der Waals surface area contributed by atoms with Crippen molar-refractivity contribution in [2.75, 3.05) is 27.2 Å². The zero-order chi connectivity index (χ0) is 7.61. The third kappa shape index (κ3) is 1.30. The first-order valence-corrected chi connectivity index (χ1v) is 3.68. The third-order valence-electron chi connectivity index (χ3n) is 2.18. The SMILES string of the molecule is CC[N+](C)(C)C1=CNNC1. The molecule has 1 aliphatic heterocycles. The molecule has 10 heavy (non-hydrogen) atoms. The van der Waals surface area contributed by atoms with Gasteiger partial charge in [-0.05, 0) is 6.92 Å². The van der Waals surface area contributed by atoms with Crippen LogP contribution in [0.25, 0.3) is 0 Å². The fraction of sp³-hybridized carbons (Fsp3) is 0.714. The molecule has 0 unspecified atom stereocenters. The lowest BCUT2D eigenvalue weighted by Crippen LogP contribution is -2.39. The van der Waals surface area contributed by atoms with Gasteiger partial charge in [0.15, 0.2) is 0 Å². The number of rotatable bonds is 2. The number of hydrogen-bond donors (Lipinski definition) is 2. The maximum Gasteiger partial charge on any atom is 0.141 e. The fourth-order valence-corrected chi connectivity index (χ4v) is 0.919. The Kier molecular flexibility index (Phi) is 1.97. The first kappa shape index (κ1) is 7.57. The lowest BCUT2D eigenvalue weighted by atomic mass is 10.3. The van der Waals surface area contributed by atoms with Crippen molar-refractivity contribution < 1.29 is 4.48 Å². The molecule has 0 radical (unpaired) electrons.